The maximum atomic E-state index is 10.4. The van der Waals surface area contributed by atoms with Gasteiger partial charge in [0.25, 0.3) is 0 Å². The van der Waals surface area contributed by atoms with Gasteiger partial charge in [-0.2, -0.15) is 0 Å². The highest BCUT2D eigenvalue weighted by Crippen LogP contribution is 2.09. The quantitative estimate of drug-likeness (QED) is 0.289. The molecule has 0 saturated carbocycles. The fourth-order valence-corrected chi connectivity index (χ4v) is 2.92. The lowest BCUT2D eigenvalue weighted by Crippen LogP contribution is -2.16. The van der Waals surface area contributed by atoms with E-state index < -0.39 is 5.97 Å². The Hall–Kier alpha value is -0.570. The number of carboxylic acids is 1. The summed E-state index contributed by atoms with van der Waals surface area (Å²) in [4.78, 5) is 10.4. The predicted octanol–water partition coefficient (Wildman–Crippen LogP) is 5.92. The maximum Gasteiger partial charge on any atom is 0.303 e. The summed E-state index contributed by atoms with van der Waals surface area (Å²) in [5, 5.41) is 12.1. The first-order chi connectivity index (χ1) is 11.3. The summed E-state index contributed by atoms with van der Waals surface area (Å²) in [7, 11) is 0. The van der Waals surface area contributed by atoms with Crippen LogP contribution in [-0.2, 0) is 4.79 Å². The zero-order valence-corrected chi connectivity index (χ0v) is 15.6. The van der Waals surface area contributed by atoms with E-state index in [2.05, 4.69) is 12.2 Å². The summed E-state index contributed by atoms with van der Waals surface area (Å²) in [6.07, 6.45) is 19.8. The zero-order valence-electron chi connectivity index (χ0n) is 15.6. The largest absolute Gasteiger partial charge is 0.481 e. The van der Waals surface area contributed by atoms with Gasteiger partial charge in [0.15, 0.2) is 0 Å². The lowest BCUT2D eigenvalue weighted by Gasteiger charge is -2.05. The molecule has 0 heterocycles. The Morgan fingerprint density at radius 1 is 0.652 bits per heavy atom. The van der Waals surface area contributed by atoms with Crippen LogP contribution in [-0.4, -0.2) is 24.2 Å². The van der Waals surface area contributed by atoms with Crippen LogP contribution in [0.5, 0.6) is 0 Å². The second-order valence-electron chi connectivity index (χ2n) is 6.84. The summed E-state index contributed by atoms with van der Waals surface area (Å²) in [6, 6.07) is 0. The molecule has 0 amide bonds. The van der Waals surface area contributed by atoms with Crippen LogP contribution in [0.15, 0.2) is 0 Å². The fourth-order valence-electron chi connectivity index (χ4n) is 2.92. The van der Waals surface area contributed by atoms with Crippen molar-refractivity contribution in [1.82, 2.24) is 5.32 Å². The highest BCUT2D eigenvalue weighted by molar-refractivity contribution is 5.66. The molecule has 0 unspecified atom stereocenters. The van der Waals surface area contributed by atoms with Crippen molar-refractivity contribution in [3.8, 4) is 0 Å². The van der Waals surface area contributed by atoms with Crippen molar-refractivity contribution in [2.75, 3.05) is 13.1 Å². The molecule has 0 aromatic carbocycles. The molecular weight excluding hydrogens is 286 g/mol. The van der Waals surface area contributed by atoms with Crippen LogP contribution in [0.2, 0.25) is 0 Å². The molecular formula is C20H41NO2. The van der Waals surface area contributed by atoms with E-state index in [1.54, 1.807) is 0 Å². The molecule has 3 nitrogen and oxygen atoms in total. The van der Waals surface area contributed by atoms with E-state index in [0.29, 0.717) is 6.42 Å². The van der Waals surface area contributed by atoms with Gasteiger partial charge in [0.1, 0.15) is 0 Å². The van der Waals surface area contributed by atoms with E-state index in [-0.39, 0.29) is 0 Å². The molecule has 0 aliphatic carbocycles. The molecule has 2 N–H and O–H groups in total. The first-order valence-corrected chi connectivity index (χ1v) is 10.2. The summed E-state index contributed by atoms with van der Waals surface area (Å²) >= 11 is 0. The van der Waals surface area contributed by atoms with E-state index in [1.165, 1.54) is 90.0 Å². The van der Waals surface area contributed by atoms with Gasteiger partial charge in [-0.25, -0.2) is 0 Å². The maximum absolute atomic E-state index is 10.4. The molecule has 23 heavy (non-hydrogen) atoms. The van der Waals surface area contributed by atoms with E-state index >= 15 is 0 Å². The number of hydrogen-bond donors (Lipinski definition) is 2. The lowest BCUT2D eigenvalue weighted by molar-refractivity contribution is -0.137. The topological polar surface area (TPSA) is 49.3 Å². The summed E-state index contributed by atoms with van der Waals surface area (Å²) in [6.45, 7) is 4.59. The molecule has 0 saturated heterocycles. The minimum absolute atomic E-state index is 0.334. The van der Waals surface area contributed by atoms with Crippen molar-refractivity contribution in [3.05, 3.63) is 0 Å². The van der Waals surface area contributed by atoms with E-state index in [0.717, 1.165) is 19.4 Å². The molecule has 0 aromatic heterocycles. The third-order valence-corrected chi connectivity index (χ3v) is 4.45. The third-order valence-electron chi connectivity index (χ3n) is 4.45. The normalized spacial score (nSPS) is 11.0. The van der Waals surface area contributed by atoms with Crippen molar-refractivity contribution in [3.63, 3.8) is 0 Å². The summed E-state index contributed by atoms with van der Waals surface area (Å²) < 4.78 is 0. The van der Waals surface area contributed by atoms with Crippen molar-refractivity contribution >= 4 is 5.97 Å². The van der Waals surface area contributed by atoms with Crippen molar-refractivity contribution < 1.29 is 9.90 Å². The van der Waals surface area contributed by atoms with E-state index in [9.17, 15) is 4.79 Å². The Morgan fingerprint density at radius 2 is 1.04 bits per heavy atom. The van der Waals surface area contributed by atoms with Crippen molar-refractivity contribution in [1.29, 1.82) is 0 Å². The van der Waals surface area contributed by atoms with Gasteiger partial charge in [0.2, 0.25) is 0 Å². The number of hydrogen-bond acceptors (Lipinski definition) is 2. The summed E-state index contributed by atoms with van der Waals surface area (Å²) in [5.41, 5.74) is 0. The van der Waals surface area contributed by atoms with Gasteiger partial charge in [-0.05, 0) is 32.4 Å². The molecule has 0 aliphatic heterocycles. The van der Waals surface area contributed by atoms with Gasteiger partial charge in [-0.15, -0.1) is 0 Å². The monoisotopic (exact) mass is 327 g/mol. The first kappa shape index (κ1) is 22.4. The highest BCUT2D eigenvalue weighted by Gasteiger charge is 1.96. The molecule has 0 spiro atoms. The Bertz CT molecular complexity index is 244. The van der Waals surface area contributed by atoms with Crippen LogP contribution >= 0.6 is 0 Å². The van der Waals surface area contributed by atoms with Crippen LogP contribution in [0.3, 0.4) is 0 Å². The number of carboxylic acid groups (broad SMARTS) is 1. The van der Waals surface area contributed by atoms with Crippen LogP contribution in [0.1, 0.15) is 110 Å². The van der Waals surface area contributed by atoms with Gasteiger partial charge in [-0.3, -0.25) is 4.79 Å². The minimum atomic E-state index is -0.661. The Kier molecular flexibility index (Phi) is 19.0. The predicted molar refractivity (Wildman–Crippen MR) is 100 cm³/mol. The zero-order chi connectivity index (χ0) is 17.0. The average Bonchev–Trinajstić information content (AvgIpc) is 2.53. The molecule has 3 heteroatoms. The SMILES string of the molecule is CCCCCCCCCCCNCCCCCCCCC(=O)O. The second-order valence-corrected chi connectivity index (χ2v) is 6.84. The Morgan fingerprint density at radius 3 is 1.48 bits per heavy atom. The molecule has 0 fully saturated rings. The standard InChI is InChI=1S/C20H41NO2/c1-2-3-4-5-6-7-9-12-15-18-21-19-16-13-10-8-11-14-17-20(22)23/h21H,2-19H2,1H3,(H,22,23). The molecule has 138 valence electrons. The lowest BCUT2D eigenvalue weighted by atomic mass is 10.1. The van der Waals surface area contributed by atoms with Crippen LogP contribution in [0, 0.1) is 0 Å². The smallest absolute Gasteiger partial charge is 0.303 e. The number of rotatable bonds is 19. The highest BCUT2D eigenvalue weighted by atomic mass is 16.4. The fraction of sp³-hybridized carbons (Fsp3) is 0.950. The number of unbranched alkanes of at least 4 members (excludes halogenated alkanes) is 13. The molecule has 0 aromatic rings. The van der Waals surface area contributed by atoms with Crippen LogP contribution < -0.4 is 5.32 Å². The van der Waals surface area contributed by atoms with Gasteiger partial charge in [-0.1, -0.05) is 84.0 Å². The van der Waals surface area contributed by atoms with Gasteiger partial charge in [0, 0.05) is 6.42 Å². The number of aliphatic carboxylic acids is 1. The third kappa shape index (κ3) is 21.4. The first-order valence-electron chi connectivity index (χ1n) is 10.2. The van der Waals surface area contributed by atoms with Gasteiger partial charge < -0.3 is 10.4 Å². The Balaban J connectivity index is 2.96. The number of carbonyl (C=O) groups is 1. The molecule has 0 bridgehead atoms. The van der Waals surface area contributed by atoms with Gasteiger partial charge in [0.05, 0.1) is 0 Å². The average molecular weight is 328 g/mol. The van der Waals surface area contributed by atoms with Crippen molar-refractivity contribution in [2.45, 2.75) is 110 Å². The van der Waals surface area contributed by atoms with E-state index in [4.69, 9.17) is 5.11 Å². The summed E-state index contributed by atoms with van der Waals surface area (Å²) in [5.74, 6) is -0.661. The molecule has 0 atom stereocenters. The minimum Gasteiger partial charge on any atom is -0.481 e. The molecule has 0 aliphatic rings. The Labute approximate surface area is 144 Å². The van der Waals surface area contributed by atoms with Crippen molar-refractivity contribution in [2.24, 2.45) is 0 Å². The number of nitrogens with one attached hydrogen (secondary N) is 1. The van der Waals surface area contributed by atoms with Gasteiger partial charge >= 0.3 is 5.97 Å². The van der Waals surface area contributed by atoms with Crippen LogP contribution in [0.4, 0.5) is 0 Å². The second kappa shape index (κ2) is 19.5. The molecule has 0 radical (unpaired) electrons. The molecule has 0 rings (SSSR count). The van der Waals surface area contributed by atoms with Crippen LogP contribution in [0.25, 0.3) is 0 Å². The van der Waals surface area contributed by atoms with E-state index in [1.807, 2.05) is 0 Å².